The summed E-state index contributed by atoms with van der Waals surface area (Å²) in [6.45, 7) is 0. The molecule has 1 aromatic carbocycles. The number of carbonyl (C=O) groups is 1. The summed E-state index contributed by atoms with van der Waals surface area (Å²) in [6, 6.07) is 10.6. The molecule has 1 aromatic heterocycles. The van der Waals surface area contributed by atoms with Crippen LogP contribution in [0.4, 0.5) is 11.4 Å². The van der Waals surface area contributed by atoms with Crippen molar-refractivity contribution in [1.29, 1.82) is 5.26 Å². The highest BCUT2D eigenvalue weighted by molar-refractivity contribution is 5.95. The SMILES string of the molecule is CN(c1ccc(C#N)cc1)c1ccncc1C(=O)O. The summed E-state index contributed by atoms with van der Waals surface area (Å²) in [6.07, 6.45) is 2.86. The number of pyridine rings is 1. The second kappa shape index (κ2) is 5.19. The number of benzene rings is 1. The van der Waals surface area contributed by atoms with Crippen molar-refractivity contribution in [3.05, 3.63) is 53.9 Å². The Hall–Kier alpha value is -2.87. The van der Waals surface area contributed by atoms with Gasteiger partial charge in [0, 0.05) is 25.1 Å². The lowest BCUT2D eigenvalue weighted by Gasteiger charge is -2.21. The third-order valence-corrected chi connectivity index (χ3v) is 2.77. The molecule has 0 aliphatic rings. The molecule has 0 bridgehead atoms. The van der Waals surface area contributed by atoms with Crippen molar-refractivity contribution in [3.8, 4) is 6.07 Å². The first kappa shape index (κ1) is 12.6. The maximum absolute atomic E-state index is 11.1. The monoisotopic (exact) mass is 253 g/mol. The van der Waals surface area contributed by atoms with Crippen molar-refractivity contribution < 1.29 is 9.90 Å². The van der Waals surface area contributed by atoms with E-state index in [0.717, 1.165) is 5.69 Å². The fraction of sp³-hybridized carbons (Fsp3) is 0.0714. The first-order chi connectivity index (χ1) is 9.13. The van der Waals surface area contributed by atoms with Crippen LogP contribution in [-0.4, -0.2) is 23.1 Å². The largest absolute Gasteiger partial charge is 0.478 e. The summed E-state index contributed by atoms with van der Waals surface area (Å²) in [5.41, 5.74) is 2.04. The van der Waals surface area contributed by atoms with Crippen molar-refractivity contribution in [1.82, 2.24) is 4.98 Å². The normalized spacial score (nSPS) is 9.68. The zero-order valence-corrected chi connectivity index (χ0v) is 10.2. The van der Waals surface area contributed by atoms with Gasteiger partial charge in [0.1, 0.15) is 5.56 Å². The van der Waals surface area contributed by atoms with Crippen LogP contribution in [0.25, 0.3) is 0 Å². The van der Waals surface area contributed by atoms with Gasteiger partial charge in [-0.05, 0) is 30.3 Å². The molecule has 0 atom stereocenters. The van der Waals surface area contributed by atoms with E-state index in [0.29, 0.717) is 11.3 Å². The van der Waals surface area contributed by atoms with Crippen LogP contribution in [0, 0.1) is 11.3 Å². The minimum atomic E-state index is -1.02. The number of nitrogens with zero attached hydrogens (tertiary/aromatic N) is 3. The highest BCUT2D eigenvalue weighted by Gasteiger charge is 2.14. The standard InChI is InChI=1S/C14H11N3O2/c1-17(11-4-2-10(8-15)3-5-11)13-6-7-16-9-12(13)14(18)19/h2-7,9H,1H3,(H,18,19). The van der Waals surface area contributed by atoms with Crippen molar-refractivity contribution in [2.75, 3.05) is 11.9 Å². The third-order valence-electron chi connectivity index (χ3n) is 2.77. The molecule has 1 N–H and O–H groups in total. The van der Waals surface area contributed by atoms with Crippen molar-refractivity contribution in [2.45, 2.75) is 0 Å². The number of carboxylic acids is 1. The number of hydrogen-bond donors (Lipinski definition) is 1. The number of aromatic carboxylic acids is 1. The Labute approximate surface area is 110 Å². The van der Waals surface area contributed by atoms with Gasteiger partial charge in [0.2, 0.25) is 0 Å². The molecule has 0 unspecified atom stereocenters. The summed E-state index contributed by atoms with van der Waals surface area (Å²) >= 11 is 0. The first-order valence-electron chi connectivity index (χ1n) is 5.54. The van der Waals surface area contributed by atoms with Gasteiger partial charge in [-0.25, -0.2) is 4.79 Å². The molecule has 0 radical (unpaired) electrons. The number of nitriles is 1. The molecule has 0 fully saturated rings. The molecule has 5 heteroatoms. The van der Waals surface area contributed by atoms with E-state index in [4.69, 9.17) is 10.4 Å². The highest BCUT2D eigenvalue weighted by atomic mass is 16.4. The molecule has 0 saturated carbocycles. The maximum Gasteiger partial charge on any atom is 0.339 e. The number of rotatable bonds is 3. The Kier molecular flexibility index (Phi) is 3.44. The van der Waals surface area contributed by atoms with E-state index in [1.807, 2.05) is 6.07 Å². The van der Waals surface area contributed by atoms with Crippen molar-refractivity contribution in [3.63, 3.8) is 0 Å². The molecule has 0 aliphatic heterocycles. The maximum atomic E-state index is 11.1. The van der Waals surface area contributed by atoms with E-state index in [9.17, 15) is 4.79 Å². The van der Waals surface area contributed by atoms with Gasteiger partial charge in [-0.2, -0.15) is 5.26 Å². The smallest absolute Gasteiger partial charge is 0.339 e. The number of hydrogen-bond acceptors (Lipinski definition) is 4. The van der Waals surface area contributed by atoms with Crippen LogP contribution in [0.2, 0.25) is 0 Å². The second-order valence-corrected chi connectivity index (χ2v) is 3.92. The van der Waals surface area contributed by atoms with Crippen LogP contribution in [0.5, 0.6) is 0 Å². The Morgan fingerprint density at radius 1 is 1.32 bits per heavy atom. The number of anilines is 2. The van der Waals surface area contributed by atoms with Crippen LogP contribution in [0.1, 0.15) is 15.9 Å². The van der Waals surface area contributed by atoms with Crippen LogP contribution in [-0.2, 0) is 0 Å². The third kappa shape index (κ3) is 2.53. The molecule has 0 aliphatic carbocycles. The van der Waals surface area contributed by atoms with E-state index in [1.54, 1.807) is 48.5 Å². The molecule has 2 aromatic rings. The Bertz CT molecular complexity index is 644. The number of carboxylic acid groups (broad SMARTS) is 1. The minimum absolute atomic E-state index is 0.134. The Balaban J connectivity index is 2.41. The molecular formula is C14H11N3O2. The molecule has 1 heterocycles. The van der Waals surface area contributed by atoms with Crippen molar-refractivity contribution >= 4 is 17.3 Å². The molecule has 94 valence electrons. The van der Waals surface area contributed by atoms with Gasteiger partial charge < -0.3 is 10.0 Å². The summed E-state index contributed by atoms with van der Waals surface area (Å²) in [5, 5.41) is 17.9. The van der Waals surface area contributed by atoms with Crippen LogP contribution < -0.4 is 4.90 Å². The molecular weight excluding hydrogens is 242 g/mol. The van der Waals surface area contributed by atoms with Crippen LogP contribution in [0.3, 0.4) is 0 Å². The lowest BCUT2D eigenvalue weighted by molar-refractivity contribution is 0.0697. The quantitative estimate of drug-likeness (QED) is 0.908. The first-order valence-corrected chi connectivity index (χ1v) is 5.54. The molecule has 0 spiro atoms. The summed E-state index contributed by atoms with van der Waals surface area (Å²) in [7, 11) is 1.77. The van der Waals surface area contributed by atoms with E-state index >= 15 is 0 Å². The lowest BCUT2D eigenvalue weighted by atomic mass is 10.1. The van der Waals surface area contributed by atoms with Gasteiger partial charge in [0.05, 0.1) is 17.3 Å². The summed E-state index contributed by atoms with van der Waals surface area (Å²) < 4.78 is 0. The predicted molar refractivity (Wildman–Crippen MR) is 70.4 cm³/mol. The van der Waals surface area contributed by atoms with Gasteiger partial charge >= 0.3 is 5.97 Å². The van der Waals surface area contributed by atoms with Gasteiger partial charge in [-0.1, -0.05) is 0 Å². The zero-order chi connectivity index (χ0) is 13.8. The van der Waals surface area contributed by atoms with E-state index < -0.39 is 5.97 Å². The molecule has 5 nitrogen and oxygen atoms in total. The lowest BCUT2D eigenvalue weighted by Crippen LogP contribution is -2.14. The average Bonchev–Trinajstić information content (AvgIpc) is 2.46. The highest BCUT2D eigenvalue weighted by Crippen LogP contribution is 2.26. The van der Waals surface area contributed by atoms with Crippen molar-refractivity contribution in [2.24, 2.45) is 0 Å². The van der Waals surface area contributed by atoms with Crippen LogP contribution in [0.15, 0.2) is 42.7 Å². The van der Waals surface area contributed by atoms with E-state index in [2.05, 4.69) is 4.98 Å². The van der Waals surface area contributed by atoms with Gasteiger partial charge in [-0.15, -0.1) is 0 Å². The van der Waals surface area contributed by atoms with E-state index in [1.165, 1.54) is 6.20 Å². The second-order valence-electron chi connectivity index (χ2n) is 3.92. The molecule has 2 rings (SSSR count). The average molecular weight is 253 g/mol. The molecule has 0 saturated heterocycles. The number of aromatic nitrogens is 1. The van der Waals surface area contributed by atoms with Crippen LogP contribution >= 0.6 is 0 Å². The molecule has 19 heavy (non-hydrogen) atoms. The summed E-state index contributed by atoms with van der Waals surface area (Å²) in [5.74, 6) is -1.02. The molecule has 0 amide bonds. The minimum Gasteiger partial charge on any atom is -0.478 e. The fourth-order valence-electron chi connectivity index (χ4n) is 1.74. The van der Waals surface area contributed by atoms with Gasteiger partial charge in [0.25, 0.3) is 0 Å². The Morgan fingerprint density at radius 3 is 2.58 bits per heavy atom. The zero-order valence-electron chi connectivity index (χ0n) is 10.2. The fourth-order valence-corrected chi connectivity index (χ4v) is 1.74. The van der Waals surface area contributed by atoms with E-state index in [-0.39, 0.29) is 5.56 Å². The predicted octanol–water partition coefficient (Wildman–Crippen LogP) is 2.42. The topological polar surface area (TPSA) is 77.2 Å². The van der Waals surface area contributed by atoms with Gasteiger partial charge in [0.15, 0.2) is 0 Å². The van der Waals surface area contributed by atoms with Gasteiger partial charge in [-0.3, -0.25) is 4.98 Å². The Morgan fingerprint density at radius 2 is 2.00 bits per heavy atom. The summed E-state index contributed by atoms with van der Waals surface area (Å²) in [4.78, 5) is 16.7.